The van der Waals surface area contributed by atoms with Crippen LogP contribution in [0.1, 0.15) is 5.56 Å². The van der Waals surface area contributed by atoms with Gasteiger partial charge in [-0.05, 0) is 18.2 Å². The average molecular weight is 408 g/mol. The topological polar surface area (TPSA) is 84.9 Å². The van der Waals surface area contributed by atoms with Crippen LogP contribution >= 0.6 is 0 Å². The molecule has 0 bridgehead atoms. The smallest absolute Gasteiger partial charge is 0.235 e. The lowest BCUT2D eigenvalue weighted by Gasteiger charge is -2.27. The van der Waals surface area contributed by atoms with Crippen LogP contribution < -0.4 is 14.8 Å². The maximum Gasteiger partial charge on any atom is 0.235 e. The van der Waals surface area contributed by atoms with Crippen molar-refractivity contribution in [1.29, 1.82) is 0 Å². The third-order valence-corrected chi connectivity index (χ3v) is 5.38. The van der Waals surface area contributed by atoms with E-state index in [1.807, 2.05) is 12.1 Å². The standard InChI is InChI=1S/C19H21FN2O5S/c1-28(24,25)22(11-14-6-2-3-7-16(14)20)12-19(23)21-10-15-13-26-17-8-4-5-9-18(17)27-15/h2-9,15H,10-13H2,1H3,(H,21,23)/t15-/m1/s1. The van der Waals surface area contributed by atoms with Crippen LogP contribution in [0.2, 0.25) is 0 Å². The fraction of sp³-hybridized carbons (Fsp3) is 0.316. The van der Waals surface area contributed by atoms with Gasteiger partial charge in [0.15, 0.2) is 11.5 Å². The minimum absolute atomic E-state index is 0.157. The van der Waals surface area contributed by atoms with Crippen molar-refractivity contribution < 1.29 is 27.1 Å². The summed E-state index contributed by atoms with van der Waals surface area (Å²) in [4.78, 5) is 12.3. The molecule has 9 heteroatoms. The van der Waals surface area contributed by atoms with Crippen LogP contribution in [0.5, 0.6) is 11.5 Å². The number of nitrogens with one attached hydrogen (secondary N) is 1. The summed E-state index contributed by atoms with van der Waals surface area (Å²) in [6.45, 7) is -0.223. The van der Waals surface area contributed by atoms with Crippen LogP contribution in [0.25, 0.3) is 0 Å². The molecular formula is C19H21FN2O5S. The number of ether oxygens (including phenoxy) is 2. The predicted molar refractivity (Wildman–Crippen MR) is 101 cm³/mol. The summed E-state index contributed by atoms with van der Waals surface area (Å²) in [6.07, 6.45) is 0.591. The van der Waals surface area contributed by atoms with Crippen molar-refractivity contribution in [1.82, 2.24) is 9.62 Å². The predicted octanol–water partition coefficient (Wildman–Crippen LogP) is 1.54. The van der Waals surface area contributed by atoms with Gasteiger partial charge in [0.25, 0.3) is 0 Å². The van der Waals surface area contributed by atoms with E-state index in [1.54, 1.807) is 18.2 Å². The van der Waals surface area contributed by atoms with Crippen LogP contribution in [0.15, 0.2) is 48.5 Å². The van der Waals surface area contributed by atoms with Gasteiger partial charge >= 0.3 is 0 Å². The number of nitrogens with zero attached hydrogens (tertiary/aromatic N) is 1. The van der Waals surface area contributed by atoms with Gasteiger partial charge in [-0.25, -0.2) is 12.8 Å². The van der Waals surface area contributed by atoms with Crippen molar-refractivity contribution in [2.45, 2.75) is 12.6 Å². The fourth-order valence-corrected chi connectivity index (χ4v) is 3.44. The summed E-state index contributed by atoms with van der Waals surface area (Å²) in [7, 11) is -3.71. The monoisotopic (exact) mass is 408 g/mol. The minimum atomic E-state index is -3.71. The highest BCUT2D eigenvalue weighted by Gasteiger charge is 2.24. The van der Waals surface area contributed by atoms with E-state index >= 15 is 0 Å². The molecule has 150 valence electrons. The molecule has 1 N–H and O–H groups in total. The third kappa shape index (κ3) is 5.20. The molecule has 1 aliphatic heterocycles. The molecule has 1 aliphatic rings. The summed E-state index contributed by atoms with van der Waals surface area (Å²) in [5.74, 6) is 0.190. The molecular weight excluding hydrogens is 387 g/mol. The highest BCUT2D eigenvalue weighted by Crippen LogP contribution is 2.30. The maximum absolute atomic E-state index is 13.8. The number of carbonyl (C=O) groups excluding carboxylic acids is 1. The highest BCUT2D eigenvalue weighted by molar-refractivity contribution is 7.88. The van der Waals surface area contributed by atoms with Crippen molar-refractivity contribution >= 4 is 15.9 Å². The number of hydrogen-bond donors (Lipinski definition) is 1. The van der Waals surface area contributed by atoms with Crippen molar-refractivity contribution in [3.8, 4) is 11.5 Å². The zero-order chi connectivity index (χ0) is 20.1. The van der Waals surface area contributed by atoms with Gasteiger partial charge in [-0.1, -0.05) is 30.3 Å². The summed E-state index contributed by atoms with van der Waals surface area (Å²) >= 11 is 0. The number of amides is 1. The number of halogens is 1. The Kier molecular flexibility index (Phi) is 6.15. The van der Waals surface area contributed by atoms with Crippen LogP contribution in [-0.2, 0) is 21.4 Å². The second kappa shape index (κ2) is 8.57. The Morgan fingerprint density at radius 3 is 2.57 bits per heavy atom. The van der Waals surface area contributed by atoms with E-state index in [2.05, 4.69) is 5.32 Å². The summed E-state index contributed by atoms with van der Waals surface area (Å²) < 4.78 is 50.1. The number of para-hydroxylation sites is 2. The molecule has 0 aliphatic carbocycles. The normalized spacial score (nSPS) is 16.0. The van der Waals surface area contributed by atoms with Crippen LogP contribution in [0, 0.1) is 5.82 Å². The molecule has 1 heterocycles. The summed E-state index contributed by atoms with van der Waals surface area (Å²) in [5.41, 5.74) is 0.196. The number of rotatable bonds is 7. The van der Waals surface area contributed by atoms with E-state index < -0.39 is 34.4 Å². The van der Waals surface area contributed by atoms with E-state index in [-0.39, 0.29) is 25.3 Å². The largest absolute Gasteiger partial charge is 0.486 e. The van der Waals surface area contributed by atoms with Crippen LogP contribution in [-0.4, -0.2) is 50.7 Å². The SMILES string of the molecule is CS(=O)(=O)N(CC(=O)NC[C@@H]1COc2ccccc2O1)Cc1ccccc1F. The molecule has 3 rings (SSSR count). The lowest BCUT2D eigenvalue weighted by Crippen LogP contribution is -2.45. The van der Waals surface area contributed by atoms with Gasteiger partial charge in [-0.15, -0.1) is 0 Å². The minimum Gasteiger partial charge on any atom is -0.486 e. The van der Waals surface area contributed by atoms with Gasteiger partial charge in [0, 0.05) is 12.1 Å². The molecule has 0 aromatic heterocycles. The second-order valence-electron chi connectivity index (χ2n) is 6.42. The molecule has 0 saturated carbocycles. The van der Waals surface area contributed by atoms with Crippen molar-refractivity contribution in [3.05, 3.63) is 59.9 Å². The van der Waals surface area contributed by atoms with Gasteiger partial charge in [0.05, 0.1) is 19.3 Å². The van der Waals surface area contributed by atoms with E-state index in [9.17, 15) is 17.6 Å². The summed E-state index contributed by atoms with van der Waals surface area (Å²) in [6, 6.07) is 13.1. The van der Waals surface area contributed by atoms with E-state index in [1.165, 1.54) is 18.2 Å². The van der Waals surface area contributed by atoms with Gasteiger partial charge in [-0.3, -0.25) is 4.79 Å². The van der Waals surface area contributed by atoms with Gasteiger partial charge in [0.1, 0.15) is 18.5 Å². The van der Waals surface area contributed by atoms with Gasteiger partial charge in [0.2, 0.25) is 15.9 Å². The number of fused-ring (bicyclic) bond motifs is 1. The molecule has 0 fully saturated rings. The first kappa shape index (κ1) is 20.1. The molecule has 0 spiro atoms. The molecule has 2 aromatic rings. The third-order valence-electron chi connectivity index (χ3n) is 4.19. The molecule has 2 aromatic carbocycles. The lowest BCUT2D eigenvalue weighted by molar-refractivity contribution is -0.121. The van der Waals surface area contributed by atoms with Crippen molar-refractivity contribution in [2.24, 2.45) is 0 Å². The Hall–Kier alpha value is -2.65. The highest BCUT2D eigenvalue weighted by atomic mass is 32.2. The molecule has 0 radical (unpaired) electrons. The Bertz CT molecular complexity index is 951. The number of sulfonamides is 1. The summed E-state index contributed by atoms with van der Waals surface area (Å²) in [5, 5.41) is 2.64. The van der Waals surface area contributed by atoms with Gasteiger partial charge < -0.3 is 14.8 Å². The zero-order valence-corrected chi connectivity index (χ0v) is 16.1. The fourth-order valence-electron chi connectivity index (χ4n) is 2.71. The second-order valence-corrected chi connectivity index (χ2v) is 8.41. The molecule has 28 heavy (non-hydrogen) atoms. The quantitative estimate of drug-likeness (QED) is 0.751. The molecule has 1 atom stereocenters. The van der Waals surface area contributed by atoms with Crippen LogP contribution in [0.4, 0.5) is 4.39 Å². The van der Waals surface area contributed by atoms with Gasteiger partial charge in [-0.2, -0.15) is 4.31 Å². The lowest BCUT2D eigenvalue weighted by atomic mass is 10.2. The molecule has 0 saturated heterocycles. The first-order valence-corrected chi connectivity index (χ1v) is 10.5. The maximum atomic E-state index is 13.8. The first-order valence-electron chi connectivity index (χ1n) is 8.66. The number of carbonyl (C=O) groups is 1. The van der Waals surface area contributed by atoms with E-state index in [4.69, 9.17) is 9.47 Å². The Morgan fingerprint density at radius 2 is 1.86 bits per heavy atom. The first-order chi connectivity index (χ1) is 13.3. The Morgan fingerprint density at radius 1 is 1.18 bits per heavy atom. The van der Waals surface area contributed by atoms with Crippen LogP contribution in [0.3, 0.4) is 0 Å². The van der Waals surface area contributed by atoms with E-state index in [0.717, 1.165) is 10.6 Å². The zero-order valence-electron chi connectivity index (χ0n) is 15.3. The average Bonchev–Trinajstić information content (AvgIpc) is 2.66. The Balaban J connectivity index is 1.56. The molecule has 1 amide bonds. The van der Waals surface area contributed by atoms with Crippen molar-refractivity contribution in [3.63, 3.8) is 0 Å². The number of benzene rings is 2. The molecule has 7 nitrogen and oxygen atoms in total. The Labute approximate surface area is 163 Å². The number of hydrogen-bond acceptors (Lipinski definition) is 5. The molecule has 0 unspecified atom stereocenters. The van der Waals surface area contributed by atoms with Crippen molar-refractivity contribution in [2.75, 3.05) is 26.0 Å². The van der Waals surface area contributed by atoms with E-state index in [0.29, 0.717) is 11.5 Å².